The van der Waals surface area contributed by atoms with Crippen LogP contribution in [0, 0.1) is 0 Å². The minimum absolute atomic E-state index is 0.00176. The Kier molecular flexibility index (Phi) is 5.67. The van der Waals surface area contributed by atoms with Crippen LogP contribution in [-0.4, -0.2) is 47.4 Å². The lowest BCUT2D eigenvalue weighted by molar-refractivity contribution is 0.0685. The highest BCUT2D eigenvalue weighted by atomic mass is 16.5. The van der Waals surface area contributed by atoms with Crippen LogP contribution in [0.1, 0.15) is 33.6 Å². The van der Waals surface area contributed by atoms with Crippen LogP contribution in [0.4, 0.5) is 22.7 Å². The third-order valence-electron chi connectivity index (χ3n) is 5.34. The lowest BCUT2D eigenvalue weighted by atomic mass is 10.1. The minimum atomic E-state index is -1.06. The number of fused-ring (bicyclic) bond motifs is 2. The second-order valence-corrected chi connectivity index (χ2v) is 7.73. The van der Waals surface area contributed by atoms with Crippen LogP contribution in [0.3, 0.4) is 0 Å². The molecule has 0 bridgehead atoms. The molecule has 0 aliphatic carbocycles. The Bertz CT molecular complexity index is 1010. The Labute approximate surface area is 183 Å². The second-order valence-electron chi connectivity index (χ2n) is 7.73. The Morgan fingerprint density at radius 2 is 1.25 bits per heavy atom. The van der Waals surface area contributed by atoms with Gasteiger partial charge in [-0.2, -0.15) is 0 Å². The maximum Gasteiger partial charge on any atom is 0.335 e. The van der Waals surface area contributed by atoms with Gasteiger partial charge in [0.05, 0.1) is 34.6 Å². The molecule has 10 heteroatoms. The third-order valence-corrected chi connectivity index (χ3v) is 5.34. The van der Waals surface area contributed by atoms with Gasteiger partial charge < -0.3 is 41.8 Å². The van der Waals surface area contributed by atoms with Crippen LogP contribution in [-0.2, 0) is 0 Å². The molecule has 2 unspecified atom stereocenters. The monoisotopic (exact) mass is 440 g/mol. The fraction of sp³-hybridized carbons (Fsp3) is 0.273. The Morgan fingerprint density at radius 3 is 1.62 bits per heavy atom. The molecule has 2 aromatic rings. The summed E-state index contributed by atoms with van der Waals surface area (Å²) in [5.74, 6) is -1.23. The summed E-state index contributed by atoms with van der Waals surface area (Å²) < 4.78 is 11.4. The predicted octanol–water partition coefficient (Wildman–Crippen LogP) is 2.63. The molecule has 0 aromatic heterocycles. The van der Waals surface area contributed by atoms with Crippen molar-refractivity contribution in [3.63, 3.8) is 0 Å². The molecule has 4 rings (SSSR count). The Morgan fingerprint density at radius 1 is 0.844 bits per heavy atom. The molecule has 0 amide bonds. The van der Waals surface area contributed by atoms with E-state index in [0.29, 0.717) is 60.3 Å². The molecule has 0 saturated heterocycles. The van der Waals surface area contributed by atoms with E-state index < -0.39 is 11.9 Å². The van der Waals surface area contributed by atoms with Crippen molar-refractivity contribution >= 4 is 34.7 Å². The SMILES string of the molecule is Nc1cc(C(=O)O)cc2c1NC(C/C=C/CC1COc3cc(C(=O)O)cc(N)c3N1)CO2. The molecule has 2 aliphatic rings. The molecule has 8 N–H and O–H groups in total. The van der Waals surface area contributed by atoms with E-state index in [1.54, 1.807) is 0 Å². The average molecular weight is 440 g/mol. The van der Waals surface area contributed by atoms with Crippen molar-refractivity contribution in [3.05, 3.63) is 47.5 Å². The number of carboxylic acid groups (broad SMARTS) is 2. The maximum atomic E-state index is 11.2. The molecular weight excluding hydrogens is 416 g/mol. The third kappa shape index (κ3) is 4.34. The summed E-state index contributed by atoms with van der Waals surface area (Å²) in [5, 5.41) is 24.9. The standard InChI is InChI=1S/C22H24N4O6/c23-15-5-11(21(27)28)7-17-19(15)25-13(9-31-17)3-1-2-4-14-10-32-18-8-12(22(29)30)6-16(24)20(18)26-14/h1-2,5-8,13-14,25-26H,3-4,9-10,23-24H2,(H,27,28)(H,29,30)/b2-1+. The summed E-state index contributed by atoms with van der Waals surface area (Å²) in [6, 6.07) is 5.74. The number of nitrogen functional groups attached to an aromatic ring is 2. The lowest BCUT2D eigenvalue weighted by Crippen LogP contribution is -2.32. The van der Waals surface area contributed by atoms with Gasteiger partial charge in [0.2, 0.25) is 0 Å². The van der Waals surface area contributed by atoms with Gasteiger partial charge in [-0.1, -0.05) is 12.2 Å². The fourth-order valence-corrected chi connectivity index (χ4v) is 3.70. The van der Waals surface area contributed by atoms with Crippen molar-refractivity contribution in [3.8, 4) is 11.5 Å². The molecule has 0 spiro atoms. The smallest absolute Gasteiger partial charge is 0.335 e. The predicted molar refractivity (Wildman–Crippen MR) is 120 cm³/mol. The summed E-state index contributed by atoms with van der Waals surface area (Å²) >= 11 is 0. The summed E-state index contributed by atoms with van der Waals surface area (Å²) in [4.78, 5) is 22.3. The number of anilines is 4. The van der Waals surface area contributed by atoms with Crippen LogP contribution < -0.4 is 31.6 Å². The molecule has 2 atom stereocenters. The second kappa shape index (κ2) is 8.58. The molecule has 0 fully saturated rings. The number of ether oxygens (including phenoxy) is 2. The van der Waals surface area contributed by atoms with E-state index in [4.69, 9.17) is 31.2 Å². The lowest BCUT2D eigenvalue weighted by Gasteiger charge is -2.29. The van der Waals surface area contributed by atoms with Crippen molar-refractivity contribution in [1.29, 1.82) is 0 Å². The first-order chi connectivity index (χ1) is 15.3. The first-order valence-corrected chi connectivity index (χ1v) is 10.1. The highest BCUT2D eigenvalue weighted by molar-refractivity contribution is 5.93. The first kappa shape index (κ1) is 21.2. The normalized spacial score (nSPS) is 19.0. The van der Waals surface area contributed by atoms with Crippen LogP contribution in [0.25, 0.3) is 0 Å². The van der Waals surface area contributed by atoms with E-state index in [2.05, 4.69) is 10.6 Å². The van der Waals surface area contributed by atoms with Gasteiger partial charge in [-0.05, 0) is 37.1 Å². The van der Waals surface area contributed by atoms with Gasteiger partial charge in [-0.15, -0.1) is 0 Å². The Hall–Kier alpha value is -4.08. The number of nitrogens with one attached hydrogen (secondary N) is 2. The summed E-state index contributed by atoms with van der Waals surface area (Å²) in [5.41, 5.74) is 14.0. The van der Waals surface area contributed by atoms with E-state index in [1.807, 2.05) is 12.2 Å². The van der Waals surface area contributed by atoms with E-state index >= 15 is 0 Å². The highest BCUT2D eigenvalue weighted by Gasteiger charge is 2.24. The summed E-state index contributed by atoms with van der Waals surface area (Å²) in [6.45, 7) is 0.779. The van der Waals surface area contributed by atoms with Crippen LogP contribution in [0.2, 0.25) is 0 Å². The van der Waals surface area contributed by atoms with Crippen molar-refractivity contribution < 1.29 is 29.3 Å². The van der Waals surface area contributed by atoms with Crippen molar-refractivity contribution in [2.24, 2.45) is 0 Å². The van der Waals surface area contributed by atoms with Crippen LogP contribution in [0.5, 0.6) is 11.5 Å². The van der Waals surface area contributed by atoms with Gasteiger partial charge in [-0.3, -0.25) is 0 Å². The molecule has 0 radical (unpaired) electrons. The number of nitrogens with two attached hydrogens (primary N) is 2. The highest BCUT2D eigenvalue weighted by Crippen LogP contribution is 2.37. The maximum absolute atomic E-state index is 11.2. The van der Waals surface area contributed by atoms with Crippen molar-refractivity contribution in [2.75, 3.05) is 35.3 Å². The molecule has 10 nitrogen and oxygen atoms in total. The van der Waals surface area contributed by atoms with Gasteiger partial charge in [0.15, 0.2) is 0 Å². The van der Waals surface area contributed by atoms with Crippen molar-refractivity contribution in [1.82, 2.24) is 0 Å². The van der Waals surface area contributed by atoms with Crippen LogP contribution >= 0.6 is 0 Å². The largest absolute Gasteiger partial charge is 0.489 e. The van der Waals surface area contributed by atoms with E-state index in [0.717, 1.165) is 0 Å². The fourth-order valence-electron chi connectivity index (χ4n) is 3.70. The summed E-state index contributed by atoms with van der Waals surface area (Å²) in [6.07, 6.45) is 5.44. The number of carbonyl (C=O) groups is 2. The first-order valence-electron chi connectivity index (χ1n) is 10.1. The average Bonchev–Trinajstić information content (AvgIpc) is 2.76. The number of carboxylic acids is 2. The zero-order valence-electron chi connectivity index (χ0n) is 17.1. The number of hydrogen-bond acceptors (Lipinski definition) is 8. The topological polar surface area (TPSA) is 169 Å². The summed E-state index contributed by atoms with van der Waals surface area (Å²) in [7, 11) is 0. The molecule has 2 aromatic carbocycles. The van der Waals surface area contributed by atoms with Gasteiger partial charge in [0.25, 0.3) is 0 Å². The molecule has 2 aliphatic heterocycles. The van der Waals surface area contributed by atoms with Gasteiger partial charge in [0.1, 0.15) is 36.1 Å². The number of benzene rings is 2. The van der Waals surface area contributed by atoms with E-state index in [-0.39, 0.29) is 23.2 Å². The van der Waals surface area contributed by atoms with Gasteiger partial charge >= 0.3 is 11.9 Å². The minimum Gasteiger partial charge on any atom is -0.489 e. The quantitative estimate of drug-likeness (QED) is 0.290. The molecule has 168 valence electrons. The number of rotatable bonds is 6. The number of hydrogen-bond donors (Lipinski definition) is 6. The zero-order chi connectivity index (χ0) is 22.8. The van der Waals surface area contributed by atoms with E-state index in [1.165, 1.54) is 24.3 Å². The number of aromatic carboxylic acids is 2. The molecule has 0 saturated carbocycles. The van der Waals surface area contributed by atoms with Gasteiger partial charge in [-0.25, -0.2) is 9.59 Å². The zero-order valence-corrected chi connectivity index (χ0v) is 17.1. The van der Waals surface area contributed by atoms with Crippen molar-refractivity contribution in [2.45, 2.75) is 24.9 Å². The molecular formula is C22H24N4O6. The van der Waals surface area contributed by atoms with E-state index in [9.17, 15) is 9.59 Å². The molecule has 32 heavy (non-hydrogen) atoms. The van der Waals surface area contributed by atoms with Gasteiger partial charge in [0, 0.05) is 0 Å². The Balaban J connectivity index is 1.32. The molecule has 2 heterocycles. The van der Waals surface area contributed by atoms with Crippen LogP contribution in [0.15, 0.2) is 36.4 Å².